The van der Waals surface area contributed by atoms with Gasteiger partial charge in [-0.2, -0.15) is 0 Å². The molecule has 2 aliphatic heterocycles. The summed E-state index contributed by atoms with van der Waals surface area (Å²) in [7, 11) is 1.86. The van der Waals surface area contributed by atoms with Gasteiger partial charge < -0.3 is 15.0 Å². The highest BCUT2D eigenvalue weighted by molar-refractivity contribution is 5.94. The molecule has 1 amide bonds. The van der Waals surface area contributed by atoms with Crippen LogP contribution < -0.4 is 5.32 Å². The molecule has 0 spiro atoms. The van der Waals surface area contributed by atoms with E-state index in [0.29, 0.717) is 6.54 Å². The zero-order valence-electron chi connectivity index (χ0n) is 12.0. The summed E-state index contributed by atoms with van der Waals surface area (Å²) in [6.07, 6.45) is 3.43. The molecule has 0 aromatic heterocycles. The quantitative estimate of drug-likeness (QED) is 0.910. The third-order valence-corrected chi connectivity index (χ3v) is 4.19. The molecule has 1 N–H and O–H groups in total. The van der Waals surface area contributed by atoms with Crippen LogP contribution in [0.15, 0.2) is 18.2 Å². The fourth-order valence-corrected chi connectivity index (χ4v) is 3.01. The molecule has 1 aromatic carbocycles. The summed E-state index contributed by atoms with van der Waals surface area (Å²) >= 11 is 0. The molecule has 1 atom stereocenters. The average molecular weight is 274 g/mol. The van der Waals surface area contributed by atoms with E-state index in [-0.39, 0.29) is 12.0 Å². The molecule has 1 saturated heterocycles. The number of hydrogen-bond donors (Lipinski definition) is 1. The van der Waals surface area contributed by atoms with E-state index in [1.165, 1.54) is 11.1 Å². The average Bonchev–Trinajstić information content (AvgIpc) is 2.99. The van der Waals surface area contributed by atoms with Crippen LogP contribution in [0.25, 0.3) is 0 Å². The van der Waals surface area contributed by atoms with Crippen molar-refractivity contribution in [3.05, 3.63) is 34.9 Å². The number of likely N-dealkylation sites (N-methyl/N-ethyl adjacent to an activating group) is 1. The van der Waals surface area contributed by atoms with Gasteiger partial charge in [0.15, 0.2) is 0 Å². The summed E-state index contributed by atoms with van der Waals surface area (Å²) < 4.78 is 5.60. The number of hydrogen-bond acceptors (Lipinski definition) is 3. The second-order valence-electron chi connectivity index (χ2n) is 5.73. The summed E-state index contributed by atoms with van der Waals surface area (Å²) in [6, 6.07) is 6.09. The third kappa shape index (κ3) is 2.86. The molecule has 20 heavy (non-hydrogen) atoms. The standard InChI is InChI=1S/C16H22N2O2/c1-18(11-15-3-2-8-20-15)16(19)13-5-4-12-6-7-17-10-14(12)9-13/h4-5,9,15,17H,2-3,6-8,10-11H2,1H3. The molecular formula is C16H22N2O2. The monoisotopic (exact) mass is 274 g/mol. The molecular weight excluding hydrogens is 252 g/mol. The van der Waals surface area contributed by atoms with Crippen molar-refractivity contribution in [2.24, 2.45) is 0 Å². The van der Waals surface area contributed by atoms with Gasteiger partial charge >= 0.3 is 0 Å². The molecule has 1 aromatic rings. The van der Waals surface area contributed by atoms with Gasteiger partial charge in [0.1, 0.15) is 0 Å². The molecule has 1 fully saturated rings. The highest BCUT2D eigenvalue weighted by atomic mass is 16.5. The fraction of sp³-hybridized carbons (Fsp3) is 0.562. The summed E-state index contributed by atoms with van der Waals surface area (Å²) in [5.41, 5.74) is 3.41. The highest BCUT2D eigenvalue weighted by Gasteiger charge is 2.21. The van der Waals surface area contributed by atoms with Gasteiger partial charge in [0.2, 0.25) is 0 Å². The SMILES string of the molecule is CN(CC1CCCO1)C(=O)c1ccc2c(c1)CNCC2. The van der Waals surface area contributed by atoms with Crippen molar-refractivity contribution < 1.29 is 9.53 Å². The van der Waals surface area contributed by atoms with Gasteiger partial charge in [0, 0.05) is 32.3 Å². The first-order valence-corrected chi connectivity index (χ1v) is 7.43. The normalized spacial score (nSPS) is 21.6. The van der Waals surface area contributed by atoms with Crippen molar-refractivity contribution in [3.8, 4) is 0 Å². The van der Waals surface area contributed by atoms with Crippen LogP contribution >= 0.6 is 0 Å². The minimum Gasteiger partial charge on any atom is -0.376 e. The minimum absolute atomic E-state index is 0.0915. The van der Waals surface area contributed by atoms with Gasteiger partial charge in [-0.1, -0.05) is 6.07 Å². The van der Waals surface area contributed by atoms with Crippen LogP contribution in [0.2, 0.25) is 0 Å². The van der Waals surface area contributed by atoms with Crippen molar-refractivity contribution in [2.75, 3.05) is 26.7 Å². The minimum atomic E-state index is 0.0915. The molecule has 3 rings (SSSR count). The van der Waals surface area contributed by atoms with Crippen LogP contribution in [0.3, 0.4) is 0 Å². The lowest BCUT2D eigenvalue weighted by atomic mass is 9.98. The first kappa shape index (κ1) is 13.6. The summed E-state index contributed by atoms with van der Waals surface area (Å²) in [5.74, 6) is 0.0915. The second kappa shape index (κ2) is 5.94. The summed E-state index contributed by atoms with van der Waals surface area (Å²) in [4.78, 5) is 14.3. The van der Waals surface area contributed by atoms with Crippen LogP contribution in [-0.4, -0.2) is 43.7 Å². The molecule has 0 bridgehead atoms. The third-order valence-electron chi connectivity index (χ3n) is 4.19. The highest BCUT2D eigenvalue weighted by Crippen LogP contribution is 2.18. The fourth-order valence-electron chi connectivity index (χ4n) is 3.01. The first-order chi connectivity index (χ1) is 9.74. The van der Waals surface area contributed by atoms with E-state index < -0.39 is 0 Å². The van der Waals surface area contributed by atoms with Gasteiger partial charge in [-0.05, 0) is 49.1 Å². The van der Waals surface area contributed by atoms with Crippen LogP contribution in [0, 0.1) is 0 Å². The summed E-state index contributed by atoms with van der Waals surface area (Å²) in [6.45, 7) is 3.41. The number of amides is 1. The molecule has 0 radical (unpaired) electrons. The predicted molar refractivity (Wildman–Crippen MR) is 77.8 cm³/mol. The first-order valence-electron chi connectivity index (χ1n) is 7.43. The van der Waals surface area contributed by atoms with Crippen LogP contribution in [0.1, 0.15) is 34.3 Å². The van der Waals surface area contributed by atoms with E-state index in [4.69, 9.17) is 4.74 Å². The Morgan fingerprint density at radius 2 is 2.35 bits per heavy atom. The second-order valence-corrected chi connectivity index (χ2v) is 5.73. The van der Waals surface area contributed by atoms with Gasteiger partial charge in [-0.25, -0.2) is 0 Å². The number of rotatable bonds is 3. The summed E-state index contributed by atoms with van der Waals surface area (Å²) in [5, 5.41) is 3.35. The Labute approximate surface area is 120 Å². The number of fused-ring (bicyclic) bond motifs is 1. The maximum absolute atomic E-state index is 12.5. The zero-order valence-corrected chi connectivity index (χ0v) is 12.0. The molecule has 4 heteroatoms. The number of nitrogens with zero attached hydrogens (tertiary/aromatic N) is 1. The Morgan fingerprint density at radius 3 is 3.15 bits per heavy atom. The zero-order chi connectivity index (χ0) is 13.9. The number of carbonyl (C=O) groups is 1. The van der Waals surface area contributed by atoms with E-state index >= 15 is 0 Å². The number of ether oxygens (including phenoxy) is 1. The van der Waals surface area contributed by atoms with E-state index in [9.17, 15) is 4.79 Å². The van der Waals surface area contributed by atoms with E-state index in [0.717, 1.165) is 44.5 Å². The largest absolute Gasteiger partial charge is 0.376 e. The molecule has 108 valence electrons. The van der Waals surface area contributed by atoms with Crippen molar-refractivity contribution >= 4 is 5.91 Å². The Balaban J connectivity index is 1.69. The molecule has 2 heterocycles. The number of carbonyl (C=O) groups excluding carboxylic acids is 1. The van der Waals surface area contributed by atoms with E-state index in [2.05, 4.69) is 11.4 Å². The topological polar surface area (TPSA) is 41.6 Å². The predicted octanol–water partition coefficient (Wildman–Crippen LogP) is 1.58. The molecule has 1 unspecified atom stereocenters. The Bertz CT molecular complexity index is 495. The smallest absolute Gasteiger partial charge is 0.253 e. The van der Waals surface area contributed by atoms with Crippen molar-refractivity contribution in [3.63, 3.8) is 0 Å². The Kier molecular flexibility index (Phi) is 4.03. The molecule has 2 aliphatic rings. The van der Waals surface area contributed by atoms with Crippen molar-refractivity contribution in [2.45, 2.75) is 31.9 Å². The van der Waals surface area contributed by atoms with Crippen molar-refractivity contribution in [1.29, 1.82) is 0 Å². The van der Waals surface area contributed by atoms with E-state index in [1.807, 2.05) is 19.2 Å². The van der Waals surface area contributed by atoms with Gasteiger partial charge in [-0.15, -0.1) is 0 Å². The van der Waals surface area contributed by atoms with Gasteiger partial charge in [0.25, 0.3) is 5.91 Å². The maximum Gasteiger partial charge on any atom is 0.253 e. The number of benzene rings is 1. The van der Waals surface area contributed by atoms with Crippen LogP contribution in [0.4, 0.5) is 0 Å². The van der Waals surface area contributed by atoms with Crippen LogP contribution in [-0.2, 0) is 17.7 Å². The van der Waals surface area contributed by atoms with E-state index in [1.54, 1.807) is 4.90 Å². The van der Waals surface area contributed by atoms with Crippen LogP contribution in [0.5, 0.6) is 0 Å². The Hall–Kier alpha value is -1.39. The molecule has 4 nitrogen and oxygen atoms in total. The van der Waals surface area contributed by atoms with Crippen molar-refractivity contribution in [1.82, 2.24) is 10.2 Å². The van der Waals surface area contributed by atoms with Gasteiger partial charge in [0.05, 0.1) is 6.10 Å². The lowest BCUT2D eigenvalue weighted by Gasteiger charge is -2.22. The Morgan fingerprint density at radius 1 is 1.45 bits per heavy atom. The maximum atomic E-state index is 12.5. The molecule has 0 saturated carbocycles. The number of nitrogens with one attached hydrogen (secondary N) is 1. The molecule has 0 aliphatic carbocycles. The van der Waals surface area contributed by atoms with Gasteiger partial charge in [-0.3, -0.25) is 4.79 Å². The lowest BCUT2D eigenvalue weighted by Crippen LogP contribution is -2.34. The lowest BCUT2D eigenvalue weighted by molar-refractivity contribution is 0.0587.